The van der Waals surface area contributed by atoms with Gasteiger partial charge in [-0.2, -0.15) is 0 Å². The lowest BCUT2D eigenvalue weighted by Gasteiger charge is -2.11. The van der Waals surface area contributed by atoms with Crippen molar-refractivity contribution in [2.24, 2.45) is 10.7 Å². The predicted octanol–water partition coefficient (Wildman–Crippen LogP) is 2.88. The number of amidine groups is 1. The molecule has 1 atom stereocenters. The first-order chi connectivity index (χ1) is 9.33. The third-order valence-corrected chi connectivity index (χ3v) is 3.02. The summed E-state index contributed by atoms with van der Waals surface area (Å²) < 4.78 is 45.1. The van der Waals surface area contributed by atoms with Gasteiger partial charge in [0, 0.05) is 0 Å². The molecule has 1 aromatic carbocycles. The molecule has 0 saturated carbocycles. The summed E-state index contributed by atoms with van der Waals surface area (Å²) in [4.78, 5) is 4.06. The Bertz CT molecular complexity index is 520. The molecule has 2 rings (SSSR count). The Balaban J connectivity index is 1.95. The molecule has 0 bridgehead atoms. The van der Waals surface area contributed by atoms with Crippen LogP contribution in [0.15, 0.2) is 23.2 Å². The van der Waals surface area contributed by atoms with E-state index in [1.54, 1.807) is 0 Å². The number of halogens is 4. The summed E-state index contributed by atoms with van der Waals surface area (Å²) >= 11 is 5.76. The van der Waals surface area contributed by atoms with E-state index >= 15 is 0 Å². The number of rotatable bonds is 4. The standard InChI is InChI=1S/C12H12ClF3N2O2/c13-9-5-7(1-3-8-6-19-11(17)18-8)2-4-10(9)20-12(14,15)16/h2,4-5,8H,1,3,6H2,(H2,17,18)/t8-/m0/s1. The predicted molar refractivity (Wildman–Crippen MR) is 67.8 cm³/mol. The Kier molecular flexibility index (Phi) is 4.27. The molecule has 2 N–H and O–H groups in total. The number of ether oxygens (including phenoxy) is 2. The molecule has 1 aromatic rings. The Morgan fingerprint density at radius 2 is 2.20 bits per heavy atom. The normalized spacial score (nSPS) is 18.6. The van der Waals surface area contributed by atoms with Crippen molar-refractivity contribution in [2.75, 3.05) is 6.61 Å². The number of nitrogens with two attached hydrogens (primary N) is 1. The molecule has 4 nitrogen and oxygen atoms in total. The molecule has 0 spiro atoms. The highest BCUT2D eigenvalue weighted by Gasteiger charge is 2.32. The van der Waals surface area contributed by atoms with Crippen molar-refractivity contribution in [1.82, 2.24) is 0 Å². The number of aryl methyl sites for hydroxylation is 1. The monoisotopic (exact) mass is 308 g/mol. The van der Waals surface area contributed by atoms with Gasteiger partial charge in [-0.1, -0.05) is 17.7 Å². The van der Waals surface area contributed by atoms with Gasteiger partial charge in [-0.05, 0) is 30.5 Å². The first-order valence-corrected chi connectivity index (χ1v) is 6.21. The SMILES string of the molecule is NC1=N[C@@H](CCc2ccc(OC(F)(F)F)c(Cl)c2)CO1. The zero-order valence-corrected chi connectivity index (χ0v) is 11.0. The van der Waals surface area contributed by atoms with E-state index in [0.717, 1.165) is 5.56 Å². The van der Waals surface area contributed by atoms with Crippen molar-refractivity contribution in [2.45, 2.75) is 25.2 Å². The molecule has 0 radical (unpaired) electrons. The average Bonchev–Trinajstić information content (AvgIpc) is 2.74. The van der Waals surface area contributed by atoms with Gasteiger partial charge in [0.15, 0.2) is 0 Å². The first kappa shape index (κ1) is 14.8. The fraction of sp³-hybridized carbons (Fsp3) is 0.417. The minimum atomic E-state index is -4.75. The lowest BCUT2D eigenvalue weighted by atomic mass is 10.1. The number of nitrogens with zero attached hydrogens (tertiary/aromatic N) is 1. The number of benzene rings is 1. The number of aliphatic imine (C=N–C) groups is 1. The molecular formula is C12H12ClF3N2O2. The van der Waals surface area contributed by atoms with E-state index in [9.17, 15) is 13.2 Å². The molecule has 0 amide bonds. The second-order valence-corrected chi connectivity index (χ2v) is 4.69. The maximum absolute atomic E-state index is 12.1. The molecule has 1 heterocycles. The van der Waals surface area contributed by atoms with Gasteiger partial charge in [0.1, 0.15) is 12.4 Å². The minimum absolute atomic E-state index is 0.0279. The minimum Gasteiger partial charge on any atom is -0.463 e. The second-order valence-electron chi connectivity index (χ2n) is 4.28. The molecule has 1 aliphatic rings. The second kappa shape index (κ2) is 5.78. The van der Waals surface area contributed by atoms with Gasteiger partial charge in [-0.15, -0.1) is 13.2 Å². The van der Waals surface area contributed by atoms with Gasteiger partial charge in [-0.25, -0.2) is 4.99 Å². The summed E-state index contributed by atoms with van der Waals surface area (Å²) in [7, 11) is 0. The molecule has 0 saturated heterocycles. The summed E-state index contributed by atoms with van der Waals surface area (Å²) in [6.07, 6.45) is -3.47. The molecule has 1 aliphatic heterocycles. The molecular weight excluding hydrogens is 297 g/mol. The number of hydrogen-bond acceptors (Lipinski definition) is 4. The lowest BCUT2D eigenvalue weighted by molar-refractivity contribution is -0.274. The van der Waals surface area contributed by atoms with Crippen LogP contribution in [-0.2, 0) is 11.2 Å². The average molecular weight is 309 g/mol. The van der Waals surface area contributed by atoms with Crippen LogP contribution in [0.25, 0.3) is 0 Å². The van der Waals surface area contributed by atoms with Crippen LogP contribution in [0.4, 0.5) is 13.2 Å². The van der Waals surface area contributed by atoms with Crippen LogP contribution in [0.5, 0.6) is 5.75 Å². The van der Waals surface area contributed by atoms with Crippen LogP contribution in [0.1, 0.15) is 12.0 Å². The van der Waals surface area contributed by atoms with Gasteiger partial charge in [-0.3, -0.25) is 0 Å². The Morgan fingerprint density at radius 3 is 2.75 bits per heavy atom. The fourth-order valence-electron chi connectivity index (χ4n) is 1.82. The Morgan fingerprint density at radius 1 is 1.45 bits per heavy atom. The van der Waals surface area contributed by atoms with Crippen LogP contribution in [0.3, 0.4) is 0 Å². The highest BCUT2D eigenvalue weighted by Crippen LogP contribution is 2.31. The van der Waals surface area contributed by atoms with Crippen LogP contribution >= 0.6 is 11.6 Å². The third-order valence-electron chi connectivity index (χ3n) is 2.72. The van der Waals surface area contributed by atoms with E-state index in [1.807, 2.05) is 0 Å². The van der Waals surface area contributed by atoms with E-state index in [4.69, 9.17) is 22.1 Å². The molecule has 0 aromatic heterocycles. The third kappa shape index (κ3) is 4.19. The van der Waals surface area contributed by atoms with E-state index in [-0.39, 0.29) is 17.1 Å². The first-order valence-electron chi connectivity index (χ1n) is 5.84. The van der Waals surface area contributed by atoms with Crippen molar-refractivity contribution in [3.8, 4) is 5.75 Å². The Labute approximate surface area is 118 Å². The zero-order chi connectivity index (χ0) is 14.8. The van der Waals surface area contributed by atoms with Gasteiger partial charge in [0.05, 0.1) is 11.1 Å². The lowest BCUT2D eigenvalue weighted by Crippen LogP contribution is -2.17. The van der Waals surface area contributed by atoms with Gasteiger partial charge in [0.2, 0.25) is 0 Å². The number of alkyl halides is 3. The maximum atomic E-state index is 12.1. The van der Waals surface area contributed by atoms with E-state index in [0.29, 0.717) is 19.4 Å². The van der Waals surface area contributed by atoms with Crippen molar-refractivity contribution < 1.29 is 22.6 Å². The van der Waals surface area contributed by atoms with Crippen molar-refractivity contribution in [3.63, 3.8) is 0 Å². The van der Waals surface area contributed by atoms with Crippen molar-refractivity contribution in [3.05, 3.63) is 28.8 Å². The van der Waals surface area contributed by atoms with E-state index in [1.165, 1.54) is 18.2 Å². The molecule has 0 fully saturated rings. The molecule has 0 unspecified atom stereocenters. The van der Waals surface area contributed by atoms with E-state index in [2.05, 4.69) is 9.73 Å². The van der Waals surface area contributed by atoms with Crippen LogP contribution < -0.4 is 10.5 Å². The molecule has 20 heavy (non-hydrogen) atoms. The van der Waals surface area contributed by atoms with Gasteiger partial charge >= 0.3 is 6.36 Å². The van der Waals surface area contributed by atoms with Crippen LogP contribution in [-0.4, -0.2) is 25.0 Å². The highest BCUT2D eigenvalue weighted by atomic mass is 35.5. The maximum Gasteiger partial charge on any atom is 0.573 e. The molecule has 110 valence electrons. The quantitative estimate of drug-likeness (QED) is 0.930. The van der Waals surface area contributed by atoms with Gasteiger partial charge < -0.3 is 15.2 Å². The summed E-state index contributed by atoms with van der Waals surface area (Å²) in [5.41, 5.74) is 6.18. The van der Waals surface area contributed by atoms with E-state index < -0.39 is 12.1 Å². The number of hydrogen-bond donors (Lipinski definition) is 1. The highest BCUT2D eigenvalue weighted by molar-refractivity contribution is 6.32. The Hall–Kier alpha value is -1.63. The largest absolute Gasteiger partial charge is 0.573 e. The smallest absolute Gasteiger partial charge is 0.463 e. The zero-order valence-electron chi connectivity index (χ0n) is 10.3. The molecule has 8 heteroatoms. The van der Waals surface area contributed by atoms with Crippen LogP contribution in [0, 0.1) is 0 Å². The summed E-state index contributed by atoms with van der Waals surface area (Å²) in [6, 6.07) is 4.33. The van der Waals surface area contributed by atoms with Crippen molar-refractivity contribution in [1.29, 1.82) is 0 Å². The van der Waals surface area contributed by atoms with Gasteiger partial charge in [0.25, 0.3) is 6.02 Å². The summed E-state index contributed by atoms with van der Waals surface area (Å²) in [5, 5.41) is -0.0782. The van der Waals surface area contributed by atoms with Crippen molar-refractivity contribution >= 4 is 17.6 Å². The van der Waals surface area contributed by atoms with Crippen LogP contribution in [0.2, 0.25) is 5.02 Å². The topological polar surface area (TPSA) is 56.8 Å². The fourth-order valence-corrected chi connectivity index (χ4v) is 2.07. The molecule has 0 aliphatic carbocycles. The summed E-state index contributed by atoms with van der Waals surface area (Å²) in [5.74, 6) is -0.408. The summed E-state index contributed by atoms with van der Waals surface area (Å²) in [6.45, 7) is 0.425.